The van der Waals surface area contributed by atoms with Crippen molar-refractivity contribution in [1.82, 2.24) is 4.98 Å². The molecule has 1 aromatic carbocycles. The maximum absolute atomic E-state index is 12.0. The minimum atomic E-state index is -0.574. The second kappa shape index (κ2) is 6.39. The molecular formula is C17H15NO5. The van der Waals surface area contributed by atoms with E-state index >= 15 is 0 Å². The van der Waals surface area contributed by atoms with Crippen molar-refractivity contribution in [2.45, 2.75) is 13.5 Å². The van der Waals surface area contributed by atoms with Crippen molar-refractivity contribution in [3.63, 3.8) is 0 Å². The fourth-order valence-corrected chi connectivity index (χ4v) is 2.28. The molecule has 1 N–H and O–H groups in total. The van der Waals surface area contributed by atoms with Crippen molar-refractivity contribution in [2.75, 3.05) is 6.61 Å². The van der Waals surface area contributed by atoms with E-state index in [-0.39, 0.29) is 19.0 Å². The van der Waals surface area contributed by atoms with Gasteiger partial charge in [-0.15, -0.1) is 0 Å². The quantitative estimate of drug-likeness (QED) is 0.731. The number of rotatable bonds is 5. The number of fused-ring (bicyclic) bond motifs is 1. The summed E-state index contributed by atoms with van der Waals surface area (Å²) in [6.07, 6.45) is 1.63. The molecule has 23 heavy (non-hydrogen) atoms. The summed E-state index contributed by atoms with van der Waals surface area (Å²) < 4.78 is 15.8. The Labute approximate surface area is 132 Å². The summed E-state index contributed by atoms with van der Waals surface area (Å²) in [6.45, 7) is 1.87. The van der Waals surface area contributed by atoms with E-state index in [4.69, 9.17) is 13.9 Å². The summed E-state index contributed by atoms with van der Waals surface area (Å²) in [4.78, 5) is 26.8. The van der Waals surface area contributed by atoms with Gasteiger partial charge in [0, 0.05) is 11.6 Å². The Morgan fingerprint density at radius 2 is 1.91 bits per heavy atom. The zero-order chi connectivity index (χ0) is 16.2. The third-order valence-electron chi connectivity index (χ3n) is 3.32. The molecule has 6 heteroatoms. The molecule has 0 fully saturated rings. The summed E-state index contributed by atoms with van der Waals surface area (Å²) in [7, 11) is 0. The molecule has 0 aliphatic rings. The second-order valence-electron chi connectivity index (χ2n) is 4.79. The fraction of sp³-hybridized carbons (Fsp3) is 0.176. The molecule has 2 aromatic heterocycles. The van der Waals surface area contributed by atoms with Crippen molar-refractivity contribution in [3.05, 3.63) is 59.6 Å². The van der Waals surface area contributed by atoms with Crippen LogP contribution in [-0.2, 0) is 16.1 Å². The van der Waals surface area contributed by atoms with E-state index in [0.29, 0.717) is 16.8 Å². The van der Waals surface area contributed by atoms with E-state index in [1.165, 1.54) is 0 Å². The molecule has 0 saturated heterocycles. The highest BCUT2D eigenvalue weighted by molar-refractivity contribution is 5.96. The van der Waals surface area contributed by atoms with E-state index < -0.39 is 11.9 Å². The van der Waals surface area contributed by atoms with Gasteiger partial charge in [-0.2, -0.15) is 0 Å². The molecule has 3 rings (SSSR count). The Hall–Kier alpha value is -3.02. The summed E-state index contributed by atoms with van der Waals surface area (Å²) in [5.41, 5.74) is 1.39. The second-order valence-corrected chi connectivity index (χ2v) is 4.79. The maximum Gasteiger partial charge on any atom is 0.374 e. The van der Waals surface area contributed by atoms with Crippen molar-refractivity contribution < 1.29 is 23.5 Å². The van der Waals surface area contributed by atoms with Crippen LogP contribution in [0, 0.1) is 0 Å². The minimum Gasteiger partial charge on any atom is -0.460 e. The van der Waals surface area contributed by atoms with Crippen LogP contribution in [0.5, 0.6) is 0 Å². The van der Waals surface area contributed by atoms with Crippen molar-refractivity contribution in [3.8, 4) is 0 Å². The first-order chi connectivity index (χ1) is 11.2. The topological polar surface area (TPSA) is 81.5 Å². The van der Waals surface area contributed by atoms with Crippen LogP contribution < -0.4 is 0 Å². The smallest absolute Gasteiger partial charge is 0.374 e. The summed E-state index contributed by atoms with van der Waals surface area (Å²) in [5.74, 6) is -1.02. The lowest BCUT2D eigenvalue weighted by Crippen LogP contribution is -2.10. The SMILES string of the molecule is CCOC(=O)c1oc2ccccc2c1COC(=O)c1ccc[nH]1. The number of H-pyrrole nitrogens is 1. The molecule has 0 bridgehead atoms. The molecule has 0 radical (unpaired) electrons. The molecular weight excluding hydrogens is 298 g/mol. The highest BCUT2D eigenvalue weighted by Crippen LogP contribution is 2.27. The number of ether oxygens (including phenoxy) is 2. The molecule has 118 valence electrons. The van der Waals surface area contributed by atoms with Gasteiger partial charge in [0.1, 0.15) is 17.9 Å². The number of furan rings is 1. The monoisotopic (exact) mass is 313 g/mol. The molecule has 0 spiro atoms. The van der Waals surface area contributed by atoms with Crippen LogP contribution in [0.1, 0.15) is 33.5 Å². The first kappa shape index (κ1) is 14.9. The molecule has 0 atom stereocenters. The average molecular weight is 313 g/mol. The first-order valence-electron chi connectivity index (χ1n) is 7.18. The Kier molecular flexibility index (Phi) is 4.14. The van der Waals surface area contributed by atoms with Gasteiger partial charge in [0.25, 0.3) is 0 Å². The lowest BCUT2D eigenvalue weighted by molar-refractivity contribution is 0.0431. The van der Waals surface area contributed by atoms with Crippen LogP contribution in [0.25, 0.3) is 11.0 Å². The van der Waals surface area contributed by atoms with Crippen LogP contribution in [-0.4, -0.2) is 23.5 Å². The Morgan fingerprint density at radius 1 is 1.09 bits per heavy atom. The van der Waals surface area contributed by atoms with Crippen molar-refractivity contribution >= 4 is 22.9 Å². The third kappa shape index (κ3) is 2.96. The van der Waals surface area contributed by atoms with E-state index in [0.717, 1.165) is 5.39 Å². The number of hydrogen-bond donors (Lipinski definition) is 1. The van der Waals surface area contributed by atoms with Crippen LogP contribution in [0.2, 0.25) is 0 Å². The van der Waals surface area contributed by atoms with E-state index in [1.807, 2.05) is 6.07 Å². The largest absolute Gasteiger partial charge is 0.460 e. The van der Waals surface area contributed by atoms with E-state index in [2.05, 4.69) is 4.98 Å². The van der Waals surface area contributed by atoms with E-state index in [9.17, 15) is 9.59 Å². The van der Waals surface area contributed by atoms with E-state index in [1.54, 1.807) is 43.5 Å². The van der Waals surface area contributed by atoms with Crippen LogP contribution in [0.3, 0.4) is 0 Å². The highest BCUT2D eigenvalue weighted by Gasteiger charge is 2.23. The standard InChI is InChI=1S/C17H15NO5/c1-2-21-17(20)15-12(11-6-3-4-8-14(11)23-15)10-22-16(19)13-7-5-9-18-13/h3-9,18H,2,10H2,1H3. The van der Waals surface area contributed by atoms with Gasteiger partial charge in [-0.05, 0) is 25.1 Å². The molecule has 0 unspecified atom stereocenters. The van der Waals surface area contributed by atoms with Gasteiger partial charge in [-0.25, -0.2) is 9.59 Å². The first-order valence-corrected chi connectivity index (χ1v) is 7.18. The van der Waals surface area contributed by atoms with Crippen molar-refractivity contribution in [1.29, 1.82) is 0 Å². The molecule has 0 saturated carbocycles. The summed E-state index contributed by atoms with van der Waals surface area (Å²) in [6, 6.07) is 10.5. The Morgan fingerprint density at radius 3 is 2.65 bits per heavy atom. The van der Waals surface area contributed by atoms with Crippen LogP contribution in [0.4, 0.5) is 0 Å². The molecule has 0 aliphatic heterocycles. The van der Waals surface area contributed by atoms with Gasteiger partial charge in [0.15, 0.2) is 0 Å². The number of benzene rings is 1. The predicted octanol–water partition coefficient (Wildman–Crippen LogP) is 3.29. The summed E-state index contributed by atoms with van der Waals surface area (Å²) in [5, 5.41) is 0.717. The molecule has 0 aliphatic carbocycles. The zero-order valence-electron chi connectivity index (χ0n) is 12.5. The van der Waals surface area contributed by atoms with Gasteiger partial charge >= 0.3 is 11.9 Å². The molecule has 0 amide bonds. The molecule has 6 nitrogen and oxygen atoms in total. The van der Waals surface area contributed by atoms with Gasteiger partial charge < -0.3 is 18.9 Å². The fourth-order valence-electron chi connectivity index (χ4n) is 2.28. The van der Waals surface area contributed by atoms with Crippen LogP contribution in [0.15, 0.2) is 47.0 Å². The maximum atomic E-state index is 12.0. The minimum absolute atomic E-state index is 0.0623. The number of carbonyl (C=O) groups is 2. The zero-order valence-corrected chi connectivity index (χ0v) is 12.5. The third-order valence-corrected chi connectivity index (χ3v) is 3.32. The predicted molar refractivity (Wildman–Crippen MR) is 82.1 cm³/mol. The number of aromatic amines is 1. The highest BCUT2D eigenvalue weighted by atomic mass is 16.5. The van der Waals surface area contributed by atoms with Crippen molar-refractivity contribution in [2.24, 2.45) is 0 Å². The summed E-state index contributed by atoms with van der Waals surface area (Å²) >= 11 is 0. The lowest BCUT2D eigenvalue weighted by Gasteiger charge is -2.05. The van der Waals surface area contributed by atoms with Gasteiger partial charge in [0.2, 0.25) is 5.76 Å². The number of para-hydroxylation sites is 1. The normalized spacial score (nSPS) is 10.7. The molecule has 3 aromatic rings. The number of aromatic nitrogens is 1. The average Bonchev–Trinajstić information content (AvgIpc) is 3.20. The van der Waals surface area contributed by atoms with Gasteiger partial charge in [-0.3, -0.25) is 0 Å². The van der Waals surface area contributed by atoms with Gasteiger partial charge in [-0.1, -0.05) is 18.2 Å². The van der Waals surface area contributed by atoms with Crippen LogP contribution >= 0.6 is 0 Å². The number of esters is 2. The molecule has 2 heterocycles. The number of carbonyl (C=O) groups excluding carboxylic acids is 2. The van der Waals surface area contributed by atoms with Gasteiger partial charge in [0.05, 0.1) is 12.2 Å². The number of hydrogen-bond acceptors (Lipinski definition) is 5. The number of nitrogens with one attached hydrogen (secondary N) is 1. The Balaban J connectivity index is 1.90. The lowest BCUT2D eigenvalue weighted by atomic mass is 10.1. The Bertz CT molecular complexity index is 832.